The maximum atomic E-state index is 11.1. The summed E-state index contributed by atoms with van der Waals surface area (Å²) in [5.41, 5.74) is 0.915. The van der Waals surface area contributed by atoms with Crippen molar-refractivity contribution in [3.05, 3.63) is 29.8 Å². The summed E-state index contributed by atoms with van der Waals surface area (Å²) in [7, 11) is 1.40. The lowest BCUT2D eigenvalue weighted by Crippen LogP contribution is -2.21. The molecule has 2 heterocycles. The lowest BCUT2D eigenvalue weighted by atomic mass is 10.2. The number of aryl methyl sites for hydroxylation is 1. The number of imidazole rings is 1. The van der Waals surface area contributed by atoms with Gasteiger partial charge in [-0.3, -0.25) is 4.79 Å². The van der Waals surface area contributed by atoms with Crippen LogP contribution in [0, 0.1) is 0 Å². The van der Waals surface area contributed by atoms with Crippen molar-refractivity contribution in [2.24, 2.45) is 0 Å². The molecule has 0 saturated heterocycles. The van der Waals surface area contributed by atoms with E-state index in [0.29, 0.717) is 12.8 Å². The number of rotatable bonds is 7. The van der Waals surface area contributed by atoms with Crippen LogP contribution < -0.4 is 5.32 Å². The topological polar surface area (TPSA) is 69.0 Å². The predicted molar refractivity (Wildman–Crippen MR) is 77.8 cm³/mol. The van der Waals surface area contributed by atoms with E-state index in [1.165, 1.54) is 7.11 Å². The Balaban J connectivity index is 1.81. The third-order valence-corrected chi connectivity index (χ3v) is 3.60. The molecular formula is C13H18N4O2S. The van der Waals surface area contributed by atoms with Crippen LogP contribution in [-0.4, -0.2) is 33.7 Å². The Kier molecular flexibility index (Phi) is 5.11. The molecule has 1 N–H and O–H groups in total. The number of carbonyl (C=O) groups excluding carboxylic acids is 1. The molecule has 20 heavy (non-hydrogen) atoms. The lowest BCUT2D eigenvalue weighted by Gasteiger charge is -2.13. The third-order valence-electron chi connectivity index (χ3n) is 2.78. The van der Waals surface area contributed by atoms with E-state index < -0.39 is 0 Å². The first kappa shape index (κ1) is 14.5. The number of nitrogens with zero attached hydrogens (tertiary/aromatic N) is 3. The molecule has 2 aromatic heterocycles. The van der Waals surface area contributed by atoms with Gasteiger partial charge in [0.15, 0.2) is 5.13 Å². The van der Waals surface area contributed by atoms with Crippen molar-refractivity contribution in [2.45, 2.75) is 32.4 Å². The van der Waals surface area contributed by atoms with E-state index in [9.17, 15) is 4.79 Å². The Morgan fingerprint density at radius 2 is 2.45 bits per heavy atom. The van der Waals surface area contributed by atoms with Crippen LogP contribution in [0.1, 0.15) is 19.0 Å². The molecule has 7 heteroatoms. The summed E-state index contributed by atoms with van der Waals surface area (Å²) in [4.78, 5) is 19.6. The van der Waals surface area contributed by atoms with E-state index in [4.69, 9.17) is 0 Å². The van der Waals surface area contributed by atoms with Crippen LogP contribution in [0.25, 0.3) is 0 Å². The molecule has 0 aromatic carbocycles. The van der Waals surface area contributed by atoms with E-state index in [0.717, 1.165) is 17.4 Å². The first-order valence-electron chi connectivity index (χ1n) is 6.41. The fourth-order valence-corrected chi connectivity index (χ4v) is 2.65. The minimum Gasteiger partial charge on any atom is -0.469 e. The van der Waals surface area contributed by atoms with Crippen molar-refractivity contribution in [3.8, 4) is 0 Å². The van der Waals surface area contributed by atoms with Crippen LogP contribution in [0.2, 0.25) is 0 Å². The molecule has 0 aliphatic carbocycles. The number of ether oxygens (including phenoxy) is 1. The van der Waals surface area contributed by atoms with Gasteiger partial charge in [-0.05, 0) is 6.92 Å². The molecule has 0 bridgehead atoms. The number of methoxy groups -OCH3 is 1. The smallest absolute Gasteiger partial charge is 0.305 e. The first-order chi connectivity index (χ1) is 9.67. The van der Waals surface area contributed by atoms with Gasteiger partial charge in [-0.2, -0.15) is 0 Å². The number of hydrogen-bond acceptors (Lipinski definition) is 6. The van der Waals surface area contributed by atoms with Gasteiger partial charge in [0, 0.05) is 36.8 Å². The normalized spacial score (nSPS) is 12.1. The Morgan fingerprint density at radius 1 is 1.60 bits per heavy atom. The molecule has 0 spiro atoms. The fourth-order valence-electron chi connectivity index (χ4n) is 1.79. The summed E-state index contributed by atoms with van der Waals surface area (Å²) >= 11 is 1.55. The number of anilines is 1. The van der Waals surface area contributed by atoms with Crippen molar-refractivity contribution < 1.29 is 9.53 Å². The first-order valence-corrected chi connectivity index (χ1v) is 7.29. The highest BCUT2D eigenvalue weighted by atomic mass is 32.1. The Hall–Kier alpha value is -1.89. The number of hydrogen-bond donors (Lipinski definition) is 1. The molecule has 0 saturated carbocycles. The average molecular weight is 294 g/mol. The Morgan fingerprint density at radius 3 is 3.15 bits per heavy atom. The van der Waals surface area contributed by atoms with Crippen molar-refractivity contribution >= 4 is 22.4 Å². The van der Waals surface area contributed by atoms with E-state index in [2.05, 4.69) is 26.9 Å². The van der Waals surface area contributed by atoms with Crippen LogP contribution in [0.3, 0.4) is 0 Å². The van der Waals surface area contributed by atoms with Crippen molar-refractivity contribution in [3.63, 3.8) is 0 Å². The van der Waals surface area contributed by atoms with Gasteiger partial charge < -0.3 is 14.6 Å². The van der Waals surface area contributed by atoms with Gasteiger partial charge in [-0.15, -0.1) is 11.3 Å². The Bertz CT molecular complexity index is 538. The maximum absolute atomic E-state index is 11.1. The summed E-state index contributed by atoms with van der Waals surface area (Å²) in [5, 5.41) is 6.18. The molecule has 0 radical (unpaired) electrons. The fraction of sp³-hybridized carbons (Fsp3) is 0.462. The van der Waals surface area contributed by atoms with Crippen molar-refractivity contribution in [2.75, 3.05) is 12.4 Å². The molecule has 6 nitrogen and oxygen atoms in total. The molecule has 1 atom stereocenters. The van der Waals surface area contributed by atoms with Gasteiger partial charge in [0.1, 0.15) is 0 Å². The molecular weight excluding hydrogens is 276 g/mol. The minimum atomic E-state index is -0.207. The van der Waals surface area contributed by atoms with Crippen LogP contribution in [0.15, 0.2) is 24.1 Å². The largest absolute Gasteiger partial charge is 0.469 e. The molecule has 0 aliphatic rings. The minimum absolute atomic E-state index is 0.207. The summed E-state index contributed by atoms with van der Waals surface area (Å²) in [6.07, 6.45) is 6.47. The highest BCUT2D eigenvalue weighted by molar-refractivity contribution is 7.13. The van der Waals surface area contributed by atoms with Crippen LogP contribution in [0.5, 0.6) is 0 Å². The molecule has 2 aromatic rings. The lowest BCUT2D eigenvalue weighted by molar-refractivity contribution is -0.140. The quantitative estimate of drug-likeness (QED) is 0.790. The zero-order chi connectivity index (χ0) is 14.4. The summed E-state index contributed by atoms with van der Waals surface area (Å²) in [5.74, 6) is -0.207. The average Bonchev–Trinajstić information content (AvgIpc) is 3.07. The van der Waals surface area contributed by atoms with Gasteiger partial charge in [-0.25, -0.2) is 9.97 Å². The van der Waals surface area contributed by atoms with E-state index in [1.54, 1.807) is 23.9 Å². The van der Waals surface area contributed by atoms with Crippen molar-refractivity contribution in [1.29, 1.82) is 0 Å². The zero-order valence-corrected chi connectivity index (χ0v) is 12.4. The highest BCUT2D eigenvalue weighted by Crippen LogP contribution is 2.17. The van der Waals surface area contributed by atoms with Crippen molar-refractivity contribution in [1.82, 2.24) is 14.5 Å². The molecule has 0 fully saturated rings. The molecule has 0 aliphatic heterocycles. The van der Waals surface area contributed by atoms with Gasteiger partial charge in [0.25, 0.3) is 0 Å². The van der Waals surface area contributed by atoms with E-state index >= 15 is 0 Å². The monoisotopic (exact) mass is 294 g/mol. The van der Waals surface area contributed by atoms with Crippen LogP contribution in [-0.2, 0) is 22.5 Å². The number of carbonyl (C=O) groups is 1. The Labute approximate surface area is 121 Å². The zero-order valence-electron chi connectivity index (χ0n) is 11.6. The van der Waals surface area contributed by atoms with Gasteiger partial charge in [-0.1, -0.05) is 0 Å². The molecule has 1 unspecified atom stereocenters. The summed E-state index contributed by atoms with van der Waals surface area (Å²) < 4.78 is 6.63. The standard InChI is InChI=1S/C13H18N4O2S/c1-10(7-17-6-5-14-9-17)15-13-16-11(8-20-13)3-4-12(18)19-2/h5-6,8-10H,3-4,7H2,1-2H3,(H,15,16). The van der Waals surface area contributed by atoms with Crippen LogP contribution >= 0.6 is 11.3 Å². The van der Waals surface area contributed by atoms with Crippen LogP contribution in [0.4, 0.5) is 5.13 Å². The summed E-state index contributed by atoms with van der Waals surface area (Å²) in [6.45, 7) is 2.92. The number of esters is 1. The van der Waals surface area contributed by atoms with E-state index in [1.807, 2.05) is 16.1 Å². The molecule has 2 rings (SSSR count). The maximum Gasteiger partial charge on any atom is 0.305 e. The van der Waals surface area contributed by atoms with Gasteiger partial charge >= 0.3 is 5.97 Å². The second-order valence-electron chi connectivity index (χ2n) is 4.52. The van der Waals surface area contributed by atoms with Gasteiger partial charge in [0.05, 0.1) is 25.6 Å². The van der Waals surface area contributed by atoms with Gasteiger partial charge in [0.2, 0.25) is 0 Å². The number of thiazole rings is 1. The second-order valence-corrected chi connectivity index (χ2v) is 5.38. The number of nitrogens with one attached hydrogen (secondary N) is 1. The predicted octanol–water partition coefficient (Wildman–Crippen LogP) is 1.95. The molecule has 0 amide bonds. The number of aromatic nitrogens is 3. The second kappa shape index (κ2) is 7.04. The highest BCUT2D eigenvalue weighted by Gasteiger charge is 2.08. The third kappa shape index (κ3) is 4.34. The molecule has 108 valence electrons. The van der Waals surface area contributed by atoms with E-state index in [-0.39, 0.29) is 12.0 Å². The SMILES string of the molecule is COC(=O)CCc1csc(NC(C)Cn2ccnc2)n1. The summed E-state index contributed by atoms with van der Waals surface area (Å²) in [6, 6.07) is 0.254.